The summed E-state index contributed by atoms with van der Waals surface area (Å²) in [5.74, 6) is -1.36. The molecule has 0 aliphatic rings. The molecule has 0 fully saturated rings. The first-order valence-corrected chi connectivity index (χ1v) is 8.13. The molecule has 0 bridgehead atoms. The molecule has 0 spiro atoms. The third-order valence-electron chi connectivity index (χ3n) is 3.86. The molecule has 27 heavy (non-hydrogen) atoms. The molecular weight excluding hydrogens is 348 g/mol. The standard InChI is InChI=1S/C21H16O6/c1-12(22)26-20-15-5-3-4-6-16(15)21(27-13(2)23)18-11-14(7-9-17(18)20)8-10-19(24)25/h3-11H,1-2H3,(H,24,25). The maximum absolute atomic E-state index is 11.7. The van der Waals surface area contributed by atoms with Crippen LogP contribution < -0.4 is 9.47 Å². The smallest absolute Gasteiger partial charge is 0.328 e. The first-order chi connectivity index (χ1) is 12.9. The van der Waals surface area contributed by atoms with E-state index in [0.717, 1.165) is 6.08 Å². The number of aliphatic carboxylic acids is 1. The summed E-state index contributed by atoms with van der Waals surface area (Å²) in [5.41, 5.74) is 0.599. The summed E-state index contributed by atoms with van der Waals surface area (Å²) in [6.07, 6.45) is 2.45. The number of hydrogen-bond acceptors (Lipinski definition) is 5. The van der Waals surface area contributed by atoms with Crippen LogP contribution in [0.25, 0.3) is 27.6 Å². The van der Waals surface area contributed by atoms with Gasteiger partial charge in [-0.2, -0.15) is 0 Å². The Hall–Kier alpha value is -3.67. The number of rotatable bonds is 4. The van der Waals surface area contributed by atoms with Gasteiger partial charge in [0.05, 0.1) is 0 Å². The van der Waals surface area contributed by atoms with E-state index in [1.165, 1.54) is 19.9 Å². The van der Waals surface area contributed by atoms with E-state index in [1.807, 2.05) is 0 Å². The summed E-state index contributed by atoms with van der Waals surface area (Å²) in [4.78, 5) is 34.1. The third-order valence-corrected chi connectivity index (χ3v) is 3.86. The van der Waals surface area contributed by atoms with E-state index in [-0.39, 0.29) is 0 Å². The Morgan fingerprint density at radius 3 is 1.85 bits per heavy atom. The Balaban J connectivity index is 2.40. The van der Waals surface area contributed by atoms with Gasteiger partial charge in [-0.15, -0.1) is 0 Å². The molecule has 136 valence electrons. The lowest BCUT2D eigenvalue weighted by atomic mass is 9.98. The number of benzene rings is 3. The lowest BCUT2D eigenvalue weighted by molar-refractivity contribution is -0.132. The summed E-state index contributed by atoms with van der Waals surface area (Å²) >= 11 is 0. The molecule has 0 atom stereocenters. The summed E-state index contributed by atoms with van der Waals surface area (Å²) in [6, 6.07) is 12.2. The Bertz CT molecular complexity index is 1110. The van der Waals surface area contributed by atoms with Crippen LogP contribution in [0.4, 0.5) is 0 Å². The van der Waals surface area contributed by atoms with Crippen LogP contribution in [-0.4, -0.2) is 23.0 Å². The van der Waals surface area contributed by atoms with E-state index in [9.17, 15) is 14.4 Å². The number of carboxylic acid groups (broad SMARTS) is 1. The van der Waals surface area contributed by atoms with Crippen LogP contribution in [0.2, 0.25) is 0 Å². The Morgan fingerprint density at radius 2 is 1.33 bits per heavy atom. The Kier molecular flexibility index (Phi) is 4.90. The van der Waals surface area contributed by atoms with Crippen molar-refractivity contribution in [3.05, 3.63) is 54.1 Å². The van der Waals surface area contributed by atoms with Gasteiger partial charge in [0.25, 0.3) is 0 Å². The highest BCUT2D eigenvalue weighted by atomic mass is 16.5. The monoisotopic (exact) mass is 364 g/mol. The molecule has 0 aliphatic carbocycles. The molecule has 0 amide bonds. The molecule has 0 saturated carbocycles. The summed E-state index contributed by atoms with van der Waals surface area (Å²) in [6.45, 7) is 2.61. The molecule has 0 heterocycles. The number of ether oxygens (including phenoxy) is 2. The molecule has 1 N–H and O–H groups in total. The highest BCUT2D eigenvalue weighted by Gasteiger charge is 2.18. The molecule has 3 rings (SSSR count). The molecule has 0 saturated heterocycles. The maximum atomic E-state index is 11.7. The predicted molar refractivity (Wildman–Crippen MR) is 101 cm³/mol. The van der Waals surface area contributed by atoms with Crippen molar-refractivity contribution in [2.24, 2.45) is 0 Å². The van der Waals surface area contributed by atoms with Crippen molar-refractivity contribution in [1.82, 2.24) is 0 Å². The van der Waals surface area contributed by atoms with Crippen LogP contribution in [0.3, 0.4) is 0 Å². The molecule has 3 aromatic carbocycles. The van der Waals surface area contributed by atoms with Crippen LogP contribution in [0.5, 0.6) is 11.5 Å². The summed E-state index contributed by atoms with van der Waals surface area (Å²) < 4.78 is 10.9. The fraction of sp³-hybridized carbons (Fsp3) is 0.0952. The zero-order valence-electron chi connectivity index (χ0n) is 14.7. The van der Waals surface area contributed by atoms with Crippen LogP contribution in [-0.2, 0) is 14.4 Å². The topological polar surface area (TPSA) is 89.9 Å². The Morgan fingerprint density at radius 1 is 0.815 bits per heavy atom. The summed E-state index contributed by atoms with van der Waals surface area (Å²) in [5, 5.41) is 11.2. The normalized spacial score (nSPS) is 11.0. The highest BCUT2D eigenvalue weighted by molar-refractivity contribution is 6.13. The second kappa shape index (κ2) is 7.29. The molecule has 6 nitrogen and oxygen atoms in total. The number of hydrogen-bond donors (Lipinski definition) is 1. The van der Waals surface area contributed by atoms with Gasteiger partial charge in [-0.1, -0.05) is 30.3 Å². The number of carbonyl (C=O) groups is 3. The number of esters is 2. The molecule has 3 aromatic rings. The zero-order valence-corrected chi connectivity index (χ0v) is 14.7. The van der Waals surface area contributed by atoms with Crippen molar-refractivity contribution < 1.29 is 29.0 Å². The second-order valence-electron chi connectivity index (χ2n) is 5.87. The van der Waals surface area contributed by atoms with Crippen molar-refractivity contribution in [1.29, 1.82) is 0 Å². The second-order valence-corrected chi connectivity index (χ2v) is 5.87. The van der Waals surface area contributed by atoms with Crippen molar-refractivity contribution in [2.75, 3.05) is 0 Å². The third kappa shape index (κ3) is 3.79. The van der Waals surface area contributed by atoms with E-state index >= 15 is 0 Å². The average molecular weight is 364 g/mol. The van der Waals surface area contributed by atoms with Gasteiger partial charge >= 0.3 is 17.9 Å². The molecule has 0 unspecified atom stereocenters. The van der Waals surface area contributed by atoms with Crippen LogP contribution >= 0.6 is 0 Å². The molecular formula is C21H16O6. The van der Waals surface area contributed by atoms with E-state index in [4.69, 9.17) is 14.6 Å². The van der Waals surface area contributed by atoms with Gasteiger partial charge in [-0.05, 0) is 23.8 Å². The largest absolute Gasteiger partial charge is 0.478 e. The van der Waals surface area contributed by atoms with Gasteiger partial charge in [-0.25, -0.2) is 4.79 Å². The van der Waals surface area contributed by atoms with Gasteiger partial charge in [0, 0.05) is 41.5 Å². The Labute approximate surface area is 154 Å². The van der Waals surface area contributed by atoms with Gasteiger partial charge in [0.2, 0.25) is 0 Å². The summed E-state index contributed by atoms with van der Waals surface area (Å²) in [7, 11) is 0. The van der Waals surface area contributed by atoms with Crippen LogP contribution in [0.15, 0.2) is 48.5 Å². The number of fused-ring (bicyclic) bond motifs is 2. The molecule has 0 aliphatic heterocycles. The van der Waals surface area contributed by atoms with Crippen molar-refractivity contribution in [3.8, 4) is 11.5 Å². The maximum Gasteiger partial charge on any atom is 0.328 e. The van der Waals surface area contributed by atoms with Gasteiger partial charge in [-0.3, -0.25) is 9.59 Å². The minimum atomic E-state index is -1.07. The first kappa shape index (κ1) is 18.1. The lowest BCUT2D eigenvalue weighted by Crippen LogP contribution is -2.06. The van der Waals surface area contributed by atoms with Gasteiger partial charge in [0.15, 0.2) is 0 Å². The van der Waals surface area contributed by atoms with Crippen LogP contribution in [0.1, 0.15) is 19.4 Å². The first-order valence-electron chi connectivity index (χ1n) is 8.13. The van der Waals surface area contributed by atoms with E-state index in [1.54, 1.807) is 42.5 Å². The van der Waals surface area contributed by atoms with E-state index in [2.05, 4.69) is 0 Å². The highest BCUT2D eigenvalue weighted by Crippen LogP contribution is 2.43. The van der Waals surface area contributed by atoms with Crippen LogP contribution in [0, 0.1) is 0 Å². The quantitative estimate of drug-likeness (QED) is 0.326. The van der Waals surface area contributed by atoms with Crippen molar-refractivity contribution in [2.45, 2.75) is 13.8 Å². The van der Waals surface area contributed by atoms with Crippen molar-refractivity contribution >= 4 is 45.5 Å². The molecule has 0 aromatic heterocycles. The van der Waals surface area contributed by atoms with Gasteiger partial charge < -0.3 is 14.6 Å². The fourth-order valence-electron chi connectivity index (χ4n) is 2.90. The molecule has 6 heteroatoms. The lowest BCUT2D eigenvalue weighted by Gasteiger charge is -2.16. The van der Waals surface area contributed by atoms with E-state index in [0.29, 0.717) is 38.6 Å². The predicted octanol–water partition coefficient (Wildman–Crippen LogP) is 3.94. The minimum Gasteiger partial charge on any atom is -0.478 e. The van der Waals surface area contributed by atoms with Crippen molar-refractivity contribution in [3.63, 3.8) is 0 Å². The zero-order chi connectivity index (χ0) is 19.6. The molecule has 0 radical (unpaired) electrons. The minimum absolute atomic E-state index is 0.328. The van der Waals surface area contributed by atoms with E-state index < -0.39 is 17.9 Å². The number of carbonyl (C=O) groups excluding carboxylic acids is 2. The SMILES string of the molecule is CC(=O)Oc1c2ccccc2c(OC(C)=O)c2cc(C=CC(=O)O)ccc12. The average Bonchev–Trinajstić information content (AvgIpc) is 2.62. The number of carboxylic acids is 1. The fourth-order valence-corrected chi connectivity index (χ4v) is 2.90. The van der Waals surface area contributed by atoms with Gasteiger partial charge in [0.1, 0.15) is 11.5 Å².